The van der Waals surface area contributed by atoms with Crippen molar-refractivity contribution in [3.05, 3.63) is 78.9 Å². The van der Waals surface area contributed by atoms with Crippen molar-refractivity contribution in [2.24, 2.45) is 0 Å². The second-order valence-electron chi connectivity index (χ2n) is 4.77. The summed E-state index contributed by atoms with van der Waals surface area (Å²) in [5, 5.41) is 0. The van der Waals surface area contributed by atoms with Gasteiger partial charge < -0.3 is 0 Å². The fraction of sp³-hybridized carbons (Fsp3) is 0.0588. The van der Waals surface area contributed by atoms with Crippen LogP contribution in [0.25, 0.3) is 16.8 Å². The third-order valence-electron chi connectivity index (χ3n) is 3.34. The molecular weight excluding hydrogens is 289 g/mol. The SMILES string of the molecule is FC(F)(F)c1ccc(-[n+]2ccc(-c3ccncc3)cc2)cc1. The predicted octanol–water partition coefficient (Wildman–Crippen LogP) is 4.04. The summed E-state index contributed by atoms with van der Waals surface area (Å²) < 4.78 is 39.4. The van der Waals surface area contributed by atoms with Gasteiger partial charge in [0.05, 0.1) is 5.56 Å². The molecule has 1 aromatic carbocycles. The molecule has 110 valence electrons. The highest BCUT2D eigenvalue weighted by atomic mass is 19.4. The molecule has 2 aromatic heterocycles. The fourth-order valence-electron chi connectivity index (χ4n) is 2.16. The van der Waals surface area contributed by atoms with Crippen LogP contribution < -0.4 is 4.57 Å². The molecule has 0 radical (unpaired) electrons. The summed E-state index contributed by atoms with van der Waals surface area (Å²) in [6.45, 7) is 0. The van der Waals surface area contributed by atoms with Crippen LogP contribution in [0.1, 0.15) is 5.56 Å². The van der Waals surface area contributed by atoms with Gasteiger partial charge in [-0.3, -0.25) is 4.98 Å². The molecule has 0 bridgehead atoms. The Bertz CT molecular complexity index is 749. The molecule has 0 amide bonds. The van der Waals surface area contributed by atoms with Crippen LogP contribution in [0.2, 0.25) is 0 Å². The molecule has 0 unspecified atom stereocenters. The number of alkyl halides is 3. The average Bonchev–Trinajstić information content (AvgIpc) is 2.55. The number of benzene rings is 1. The smallest absolute Gasteiger partial charge is 0.265 e. The monoisotopic (exact) mass is 301 g/mol. The van der Waals surface area contributed by atoms with Crippen LogP contribution in [-0.2, 0) is 6.18 Å². The third-order valence-corrected chi connectivity index (χ3v) is 3.34. The number of hydrogen-bond donors (Lipinski definition) is 0. The standard InChI is InChI=1S/C17H12F3N2/c18-17(19,20)15-1-3-16(4-2-15)22-11-7-14(8-12-22)13-5-9-21-10-6-13/h1-12H/q+1. The average molecular weight is 301 g/mol. The topological polar surface area (TPSA) is 16.8 Å². The van der Waals surface area contributed by atoms with Gasteiger partial charge in [0, 0.05) is 36.7 Å². The fourth-order valence-corrected chi connectivity index (χ4v) is 2.16. The van der Waals surface area contributed by atoms with Crippen LogP contribution in [-0.4, -0.2) is 4.98 Å². The molecule has 0 aliphatic carbocycles. The van der Waals surface area contributed by atoms with Crippen LogP contribution in [0, 0.1) is 0 Å². The zero-order chi connectivity index (χ0) is 15.6. The molecule has 2 heterocycles. The molecule has 0 saturated heterocycles. The minimum atomic E-state index is -4.31. The molecule has 0 atom stereocenters. The molecule has 0 saturated carbocycles. The predicted molar refractivity (Wildman–Crippen MR) is 76.2 cm³/mol. The summed E-state index contributed by atoms with van der Waals surface area (Å²) in [6.07, 6.45) is 2.75. The molecular formula is C17H12F3N2+. The van der Waals surface area contributed by atoms with E-state index in [-0.39, 0.29) is 0 Å². The minimum absolute atomic E-state index is 0.648. The largest absolute Gasteiger partial charge is 0.416 e. The number of hydrogen-bond acceptors (Lipinski definition) is 1. The van der Waals surface area contributed by atoms with E-state index in [4.69, 9.17) is 0 Å². The molecule has 2 nitrogen and oxygen atoms in total. The molecule has 3 rings (SSSR count). The van der Waals surface area contributed by atoms with Crippen molar-refractivity contribution < 1.29 is 17.7 Å². The number of rotatable bonds is 2. The van der Waals surface area contributed by atoms with Gasteiger partial charge in [-0.2, -0.15) is 17.7 Å². The Balaban J connectivity index is 1.87. The van der Waals surface area contributed by atoms with Crippen molar-refractivity contribution in [2.45, 2.75) is 6.18 Å². The summed E-state index contributed by atoms with van der Waals surface area (Å²) >= 11 is 0. The van der Waals surface area contributed by atoms with Gasteiger partial charge in [-0.1, -0.05) is 0 Å². The van der Waals surface area contributed by atoms with Crippen LogP contribution in [0.15, 0.2) is 73.3 Å². The van der Waals surface area contributed by atoms with Gasteiger partial charge in [0.2, 0.25) is 5.69 Å². The first kappa shape index (κ1) is 14.3. The summed E-state index contributed by atoms with van der Waals surface area (Å²) in [4.78, 5) is 3.97. The Kier molecular flexibility index (Phi) is 3.63. The summed E-state index contributed by atoms with van der Waals surface area (Å²) in [6, 6.07) is 12.7. The zero-order valence-electron chi connectivity index (χ0n) is 11.5. The molecule has 0 fully saturated rings. The van der Waals surface area contributed by atoms with E-state index in [0.717, 1.165) is 23.3 Å². The van der Waals surface area contributed by atoms with E-state index in [0.29, 0.717) is 5.69 Å². The number of aromatic nitrogens is 2. The van der Waals surface area contributed by atoms with Crippen LogP contribution in [0.3, 0.4) is 0 Å². The second-order valence-corrected chi connectivity index (χ2v) is 4.77. The number of halogens is 3. The van der Waals surface area contributed by atoms with Crippen molar-refractivity contribution in [1.82, 2.24) is 4.98 Å². The highest BCUT2D eigenvalue weighted by Gasteiger charge is 2.30. The van der Waals surface area contributed by atoms with Gasteiger partial charge in [0.25, 0.3) is 0 Å². The maximum absolute atomic E-state index is 12.6. The molecule has 22 heavy (non-hydrogen) atoms. The Morgan fingerprint density at radius 1 is 0.727 bits per heavy atom. The van der Waals surface area contributed by atoms with Crippen LogP contribution in [0.5, 0.6) is 0 Å². The van der Waals surface area contributed by atoms with Crippen LogP contribution in [0.4, 0.5) is 13.2 Å². The minimum Gasteiger partial charge on any atom is -0.265 e. The lowest BCUT2D eigenvalue weighted by Crippen LogP contribution is -2.29. The molecule has 0 spiro atoms. The van der Waals surface area contributed by atoms with Gasteiger partial charge in [-0.25, -0.2) is 0 Å². The van der Waals surface area contributed by atoms with Crippen molar-refractivity contribution in [1.29, 1.82) is 0 Å². The molecule has 5 heteroatoms. The summed E-state index contributed by atoms with van der Waals surface area (Å²) in [5.41, 5.74) is 2.08. The first-order valence-electron chi connectivity index (χ1n) is 6.63. The second kappa shape index (κ2) is 5.60. The van der Waals surface area contributed by atoms with E-state index < -0.39 is 11.7 Å². The Labute approximate surface area is 125 Å². The normalized spacial score (nSPS) is 11.4. The maximum atomic E-state index is 12.6. The molecule has 3 aromatic rings. The third kappa shape index (κ3) is 2.98. The van der Waals surface area contributed by atoms with Crippen molar-refractivity contribution >= 4 is 0 Å². The first-order valence-corrected chi connectivity index (χ1v) is 6.63. The molecule has 0 aliphatic heterocycles. The van der Waals surface area contributed by atoms with E-state index >= 15 is 0 Å². The first-order chi connectivity index (χ1) is 10.5. The lowest BCUT2D eigenvalue weighted by Gasteiger charge is -2.05. The highest BCUT2D eigenvalue weighted by molar-refractivity contribution is 5.61. The van der Waals surface area contributed by atoms with E-state index in [1.807, 2.05) is 36.7 Å². The van der Waals surface area contributed by atoms with Gasteiger partial charge in [-0.05, 0) is 35.4 Å². The van der Waals surface area contributed by atoms with Gasteiger partial charge >= 0.3 is 6.18 Å². The van der Waals surface area contributed by atoms with E-state index in [9.17, 15) is 13.2 Å². The summed E-state index contributed by atoms with van der Waals surface area (Å²) in [5.74, 6) is 0. The molecule has 0 aliphatic rings. The van der Waals surface area contributed by atoms with Crippen LogP contribution >= 0.6 is 0 Å². The van der Waals surface area contributed by atoms with Gasteiger partial charge in [-0.15, -0.1) is 0 Å². The van der Waals surface area contributed by atoms with E-state index in [1.165, 1.54) is 12.1 Å². The highest BCUT2D eigenvalue weighted by Crippen LogP contribution is 2.29. The lowest BCUT2D eigenvalue weighted by atomic mass is 10.1. The van der Waals surface area contributed by atoms with Gasteiger partial charge in [0.1, 0.15) is 0 Å². The quantitative estimate of drug-likeness (QED) is 0.653. The Hall–Kier alpha value is -2.69. The lowest BCUT2D eigenvalue weighted by molar-refractivity contribution is -0.595. The number of nitrogens with zero attached hydrogens (tertiary/aromatic N) is 2. The number of pyridine rings is 2. The van der Waals surface area contributed by atoms with Crippen molar-refractivity contribution in [3.8, 4) is 16.8 Å². The Morgan fingerprint density at radius 3 is 1.82 bits per heavy atom. The van der Waals surface area contributed by atoms with E-state index in [1.54, 1.807) is 17.0 Å². The van der Waals surface area contributed by atoms with Crippen molar-refractivity contribution in [3.63, 3.8) is 0 Å². The zero-order valence-corrected chi connectivity index (χ0v) is 11.5. The molecule has 0 N–H and O–H groups in total. The van der Waals surface area contributed by atoms with E-state index in [2.05, 4.69) is 4.98 Å². The Morgan fingerprint density at radius 2 is 1.27 bits per heavy atom. The summed E-state index contributed by atoms with van der Waals surface area (Å²) in [7, 11) is 0. The van der Waals surface area contributed by atoms with Gasteiger partial charge in [0.15, 0.2) is 12.4 Å². The van der Waals surface area contributed by atoms with Crippen molar-refractivity contribution in [2.75, 3.05) is 0 Å². The maximum Gasteiger partial charge on any atom is 0.416 e.